The van der Waals surface area contributed by atoms with Gasteiger partial charge in [0.15, 0.2) is 0 Å². The maximum Gasteiger partial charge on any atom is 0.237 e. The molecule has 1 aliphatic rings. The Kier molecular flexibility index (Phi) is 8.65. The first kappa shape index (κ1) is 26.5. The van der Waals surface area contributed by atoms with Gasteiger partial charge < -0.3 is 15.7 Å². The predicted octanol–water partition coefficient (Wildman–Crippen LogP) is 5.20. The molecule has 34 heavy (non-hydrogen) atoms. The molecule has 1 amide bonds. The van der Waals surface area contributed by atoms with E-state index in [2.05, 4.69) is 37.5 Å². The Bertz CT molecular complexity index is 1030. The first-order valence-electron chi connectivity index (χ1n) is 11.7. The van der Waals surface area contributed by atoms with E-state index in [0.717, 1.165) is 11.1 Å². The van der Waals surface area contributed by atoms with E-state index in [9.17, 15) is 10.1 Å². The zero-order valence-corrected chi connectivity index (χ0v) is 21.5. The van der Waals surface area contributed by atoms with Gasteiger partial charge in [-0.3, -0.25) is 4.79 Å². The maximum absolute atomic E-state index is 13.5. The van der Waals surface area contributed by atoms with Crippen LogP contribution >= 0.6 is 23.2 Å². The third-order valence-corrected chi connectivity index (χ3v) is 6.94. The summed E-state index contributed by atoms with van der Waals surface area (Å²) < 4.78 is 0. The quantitative estimate of drug-likeness (QED) is 0.433. The molecule has 1 fully saturated rings. The number of amides is 1. The van der Waals surface area contributed by atoms with Gasteiger partial charge in [0, 0.05) is 35.2 Å². The van der Waals surface area contributed by atoms with E-state index in [-0.39, 0.29) is 24.0 Å². The third-order valence-electron chi connectivity index (χ3n) is 6.45. The van der Waals surface area contributed by atoms with Crippen molar-refractivity contribution in [1.29, 1.82) is 5.26 Å². The van der Waals surface area contributed by atoms with Crippen molar-refractivity contribution in [3.8, 4) is 6.07 Å². The van der Waals surface area contributed by atoms with Gasteiger partial charge in [-0.2, -0.15) is 5.26 Å². The smallest absolute Gasteiger partial charge is 0.237 e. The van der Waals surface area contributed by atoms with Gasteiger partial charge in [-0.25, -0.2) is 0 Å². The highest BCUT2D eigenvalue weighted by Gasteiger charge is 2.59. The molecule has 0 aromatic heterocycles. The zero-order chi connectivity index (χ0) is 24.9. The van der Waals surface area contributed by atoms with Crippen LogP contribution in [-0.2, 0) is 10.2 Å². The Balaban J connectivity index is 2.16. The molecule has 0 saturated carbocycles. The fourth-order valence-electron chi connectivity index (χ4n) is 5.02. The van der Waals surface area contributed by atoms with E-state index in [1.54, 1.807) is 18.2 Å². The standard InChI is InChI=1S/C27H33Cl2N3O2/c1-26(2,3)16-22-27(17-30,19-9-11-20(28)12-10-19)23(18-7-6-8-21(29)15-18)24(32-22)25(34)31-13-4-5-14-33/h6-12,15,22-24,32-33H,4-5,13-14,16H2,1-3H3,(H,31,34). The van der Waals surface area contributed by atoms with E-state index in [4.69, 9.17) is 28.3 Å². The largest absolute Gasteiger partial charge is 0.396 e. The van der Waals surface area contributed by atoms with E-state index >= 15 is 0 Å². The second kappa shape index (κ2) is 11.1. The molecule has 182 valence electrons. The lowest BCUT2D eigenvalue weighted by Crippen LogP contribution is -2.45. The number of rotatable bonds is 8. The summed E-state index contributed by atoms with van der Waals surface area (Å²) >= 11 is 12.6. The lowest BCUT2D eigenvalue weighted by atomic mass is 9.63. The van der Waals surface area contributed by atoms with Crippen LogP contribution < -0.4 is 10.6 Å². The predicted molar refractivity (Wildman–Crippen MR) is 137 cm³/mol. The van der Waals surface area contributed by atoms with Crippen LogP contribution in [0.3, 0.4) is 0 Å². The third kappa shape index (κ3) is 5.75. The molecule has 5 nitrogen and oxygen atoms in total. The summed E-state index contributed by atoms with van der Waals surface area (Å²) in [6.45, 7) is 6.95. The number of benzene rings is 2. The van der Waals surface area contributed by atoms with Crippen LogP contribution in [0.4, 0.5) is 0 Å². The second-order valence-corrected chi connectivity index (χ2v) is 11.1. The van der Waals surface area contributed by atoms with E-state index in [1.807, 2.05) is 30.3 Å². The highest BCUT2D eigenvalue weighted by molar-refractivity contribution is 6.30. The summed E-state index contributed by atoms with van der Waals surface area (Å²) in [7, 11) is 0. The summed E-state index contributed by atoms with van der Waals surface area (Å²) in [5, 5.41) is 27.6. The fourth-order valence-corrected chi connectivity index (χ4v) is 5.34. The number of aliphatic hydroxyl groups is 1. The van der Waals surface area contributed by atoms with Crippen LogP contribution in [0, 0.1) is 16.7 Å². The summed E-state index contributed by atoms with van der Waals surface area (Å²) in [4.78, 5) is 13.5. The first-order chi connectivity index (χ1) is 16.1. The van der Waals surface area contributed by atoms with Crippen molar-refractivity contribution in [3.05, 3.63) is 69.7 Å². The Labute approximate surface area is 212 Å². The van der Waals surface area contributed by atoms with E-state index in [0.29, 0.717) is 35.9 Å². The highest BCUT2D eigenvalue weighted by atomic mass is 35.5. The zero-order valence-electron chi connectivity index (χ0n) is 19.9. The van der Waals surface area contributed by atoms with Gasteiger partial charge in [0.05, 0.1) is 12.1 Å². The molecule has 0 radical (unpaired) electrons. The van der Waals surface area contributed by atoms with Crippen LogP contribution in [-0.4, -0.2) is 36.2 Å². The van der Waals surface area contributed by atoms with Crippen molar-refractivity contribution in [1.82, 2.24) is 10.6 Å². The summed E-state index contributed by atoms with van der Waals surface area (Å²) in [5.74, 6) is -0.629. The van der Waals surface area contributed by atoms with Crippen molar-refractivity contribution >= 4 is 29.1 Å². The summed E-state index contributed by atoms with van der Waals surface area (Å²) in [6, 6.07) is 16.5. The van der Waals surface area contributed by atoms with Gasteiger partial charge in [0.2, 0.25) is 5.91 Å². The van der Waals surface area contributed by atoms with Gasteiger partial charge in [-0.05, 0) is 60.1 Å². The Morgan fingerprint density at radius 2 is 1.85 bits per heavy atom. The minimum atomic E-state index is -1.02. The van der Waals surface area contributed by atoms with Crippen LogP contribution in [0.2, 0.25) is 10.0 Å². The van der Waals surface area contributed by atoms with Gasteiger partial charge in [0.1, 0.15) is 5.41 Å². The molecule has 0 aliphatic carbocycles. The minimum Gasteiger partial charge on any atom is -0.396 e. The van der Waals surface area contributed by atoms with Gasteiger partial charge >= 0.3 is 0 Å². The number of hydrogen-bond acceptors (Lipinski definition) is 4. The van der Waals surface area contributed by atoms with Gasteiger partial charge in [-0.15, -0.1) is 0 Å². The summed E-state index contributed by atoms with van der Waals surface area (Å²) in [5.41, 5.74) is 0.554. The maximum atomic E-state index is 13.5. The molecule has 4 unspecified atom stereocenters. The lowest BCUT2D eigenvalue weighted by Gasteiger charge is -2.37. The van der Waals surface area contributed by atoms with Crippen molar-refractivity contribution in [3.63, 3.8) is 0 Å². The van der Waals surface area contributed by atoms with Crippen LogP contribution in [0.5, 0.6) is 0 Å². The number of aliphatic hydroxyl groups excluding tert-OH is 1. The lowest BCUT2D eigenvalue weighted by molar-refractivity contribution is -0.123. The average Bonchev–Trinajstić information content (AvgIpc) is 3.10. The molecule has 0 spiro atoms. The average molecular weight is 502 g/mol. The van der Waals surface area contributed by atoms with Crippen LogP contribution in [0.25, 0.3) is 0 Å². The fraction of sp³-hybridized carbons (Fsp3) is 0.481. The molecule has 3 rings (SSSR count). The number of unbranched alkanes of at least 4 members (excludes halogenated alkanes) is 1. The number of halogens is 2. The van der Waals surface area contributed by atoms with Crippen LogP contribution in [0.15, 0.2) is 48.5 Å². The number of nitrogens with one attached hydrogen (secondary N) is 2. The summed E-state index contributed by atoms with van der Waals surface area (Å²) in [6.07, 6.45) is 1.99. The Hall–Kier alpha value is -2.10. The monoisotopic (exact) mass is 501 g/mol. The molecule has 7 heteroatoms. The molecule has 2 aromatic rings. The second-order valence-electron chi connectivity index (χ2n) is 10.2. The van der Waals surface area contributed by atoms with Gasteiger partial charge in [-0.1, -0.05) is 68.2 Å². The van der Waals surface area contributed by atoms with E-state index < -0.39 is 17.4 Å². The van der Waals surface area contributed by atoms with Gasteiger partial charge in [0.25, 0.3) is 0 Å². The number of hydrogen-bond donors (Lipinski definition) is 3. The Morgan fingerprint density at radius 1 is 1.15 bits per heavy atom. The number of nitriles is 1. The molecule has 1 saturated heterocycles. The minimum absolute atomic E-state index is 0.0857. The number of carbonyl (C=O) groups excluding carboxylic acids is 1. The van der Waals surface area contributed by atoms with Crippen molar-refractivity contribution in [2.75, 3.05) is 13.2 Å². The van der Waals surface area contributed by atoms with Crippen molar-refractivity contribution < 1.29 is 9.90 Å². The SMILES string of the molecule is CC(C)(C)CC1NC(C(=O)NCCCCO)C(c2cccc(Cl)c2)C1(C#N)c1ccc(Cl)cc1. The highest BCUT2D eigenvalue weighted by Crippen LogP contribution is 2.51. The van der Waals surface area contributed by atoms with Crippen molar-refractivity contribution in [2.24, 2.45) is 5.41 Å². The first-order valence-corrected chi connectivity index (χ1v) is 12.5. The molecule has 2 aromatic carbocycles. The molecule has 0 bridgehead atoms. The molecule has 3 N–H and O–H groups in total. The number of carbonyl (C=O) groups is 1. The topological polar surface area (TPSA) is 85.2 Å². The Morgan fingerprint density at radius 3 is 2.44 bits per heavy atom. The molecule has 4 atom stereocenters. The van der Waals surface area contributed by atoms with E-state index in [1.165, 1.54) is 0 Å². The normalized spacial score (nSPS) is 24.6. The molecular weight excluding hydrogens is 469 g/mol. The molecule has 1 heterocycles. The van der Waals surface area contributed by atoms with Crippen LogP contribution in [0.1, 0.15) is 57.1 Å². The molecular formula is C27H33Cl2N3O2. The number of nitrogens with zero attached hydrogens (tertiary/aromatic N) is 1. The van der Waals surface area contributed by atoms with Crippen molar-refractivity contribution in [2.45, 2.75) is 63.5 Å². The molecule has 1 aliphatic heterocycles.